The summed E-state index contributed by atoms with van der Waals surface area (Å²) in [5.41, 5.74) is 0.164. The van der Waals surface area contributed by atoms with Crippen LogP contribution in [0.5, 0.6) is 0 Å². The second-order valence-corrected chi connectivity index (χ2v) is 5.59. The van der Waals surface area contributed by atoms with Crippen molar-refractivity contribution < 1.29 is 22.9 Å². The van der Waals surface area contributed by atoms with Crippen LogP contribution < -0.4 is 0 Å². The summed E-state index contributed by atoms with van der Waals surface area (Å²) >= 11 is 0. The first-order valence-electron chi connectivity index (χ1n) is 6.85. The molecule has 1 saturated carbocycles. The third-order valence-electron chi connectivity index (χ3n) is 3.86. The van der Waals surface area contributed by atoms with E-state index in [-0.39, 0.29) is 24.6 Å². The Balaban J connectivity index is 1.82. The van der Waals surface area contributed by atoms with Gasteiger partial charge in [-0.2, -0.15) is 18.3 Å². The van der Waals surface area contributed by atoms with Crippen molar-refractivity contribution in [2.75, 3.05) is 13.1 Å². The van der Waals surface area contributed by atoms with Crippen molar-refractivity contribution in [3.63, 3.8) is 0 Å². The van der Waals surface area contributed by atoms with Crippen molar-refractivity contribution in [3.05, 3.63) is 22.0 Å². The quantitative estimate of drug-likeness (QED) is 0.628. The monoisotopic (exact) mass is 318 g/mol. The van der Waals surface area contributed by atoms with E-state index < -0.39 is 29.6 Å². The van der Waals surface area contributed by atoms with Gasteiger partial charge in [0, 0.05) is 12.5 Å². The number of aromatic nitrogens is 2. The number of amides is 1. The Kier molecular flexibility index (Phi) is 3.33. The van der Waals surface area contributed by atoms with E-state index in [2.05, 4.69) is 5.10 Å². The van der Waals surface area contributed by atoms with Gasteiger partial charge in [0.25, 0.3) is 0 Å². The maximum atomic E-state index is 12.4. The molecule has 0 spiro atoms. The molecule has 120 valence electrons. The predicted octanol–water partition coefficient (Wildman–Crippen LogP) is 2.00. The van der Waals surface area contributed by atoms with Gasteiger partial charge in [-0.15, -0.1) is 0 Å². The summed E-state index contributed by atoms with van der Waals surface area (Å²) in [6, 6.07) is -0.895. The van der Waals surface area contributed by atoms with Crippen LogP contribution in [0.3, 0.4) is 0 Å². The summed E-state index contributed by atoms with van der Waals surface area (Å²) in [5.74, 6) is -0.679. The molecular weight excluding hydrogens is 305 g/mol. The Morgan fingerprint density at radius 3 is 2.59 bits per heavy atom. The number of nitro groups is 1. The molecule has 0 radical (unpaired) electrons. The van der Waals surface area contributed by atoms with Crippen LogP contribution in [0, 0.1) is 10.1 Å². The van der Waals surface area contributed by atoms with Crippen LogP contribution in [-0.2, 0) is 4.79 Å². The molecule has 1 saturated heterocycles. The lowest BCUT2D eigenvalue weighted by atomic mass is 10.2. The normalized spacial score (nSPS) is 22.4. The molecule has 0 bridgehead atoms. The zero-order valence-electron chi connectivity index (χ0n) is 11.4. The van der Waals surface area contributed by atoms with Gasteiger partial charge in [-0.3, -0.25) is 19.6 Å². The summed E-state index contributed by atoms with van der Waals surface area (Å²) in [6.07, 6.45) is -1.53. The van der Waals surface area contributed by atoms with Gasteiger partial charge in [0.05, 0.1) is 4.92 Å². The largest absolute Gasteiger partial charge is 0.406 e. The van der Waals surface area contributed by atoms with Crippen molar-refractivity contribution >= 4 is 11.6 Å². The number of carbonyl (C=O) groups excluding carboxylic acids is 1. The van der Waals surface area contributed by atoms with Crippen molar-refractivity contribution in [1.29, 1.82) is 0 Å². The first-order valence-corrected chi connectivity index (χ1v) is 6.85. The molecule has 2 heterocycles. The van der Waals surface area contributed by atoms with Crippen LogP contribution in [-0.4, -0.2) is 44.8 Å². The van der Waals surface area contributed by atoms with Gasteiger partial charge < -0.3 is 4.90 Å². The molecule has 3 rings (SSSR count). The van der Waals surface area contributed by atoms with Crippen LogP contribution in [0.1, 0.15) is 36.9 Å². The van der Waals surface area contributed by atoms with E-state index in [1.807, 2.05) is 0 Å². The molecule has 1 aromatic rings. The lowest BCUT2D eigenvalue weighted by molar-refractivity contribution is -0.385. The first kappa shape index (κ1) is 14.8. The zero-order valence-corrected chi connectivity index (χ0v) is 11.4. The fourth-order valence-corrected chi connectivity index (χ4v) is 2.69. The second-order valence-electron chi connectivity index (χ2n) is 5.59. The van der Waals surface area contributed by atoms with Crippen LogP contribution >= 0.6 is 0 Å². The Morgan fingerprint density at radius 2 is 2.05 bits per heavy atom. The second kappa shape index (κ2) is 4.96. The van der Waals surface area contributed by atoms with Crippen LogP contribution in [0.15, 0.2) is 6.20 Å². The number of rotatable bonds is 4. The number of carbonyl (C=O) groups is 1. The standard InChI is InChI=1S/C12H13F3N4O3/c13-12(14,15)6-17-4-3-8(11(17)20)18-5-9(19(21)22)10(16-18)7-1-2-7/h5,7-8H,1-4,6H2/t8-/m0/s1. The molecule has 1 atom stereocenters. The lowest BCUT2D eigenvalue weighted by Crippen LogP contribution is -2.36. The minimum atomic E-state index is -4.46. The molecule has 10 heteroatoms. The van der Waals surface area contributed by atoms with Crippen molar-refractivity contribution in [2.45, 2.75) is 37.4 Å². The van der Waals surface area contributed by atoms with Gasteiger partial charge in [-0.1, -0.05) is 0 Å². The maximum Gasteiger partial charge on any atom is 0.406 e. The van der Waals surface area contributed by atoms with Crippen LogP contribution in [0.4, 0.5) is 18.9 Å². The Morgan fingerprint density at radius 1 is 1.36 bits per heavy atom. The molecule has 0 unspecified atom stereocenters. The molecule has 7 nitrogen and oxygen atoms in total. The van der Waals surface area contributed by atoms with Gasteiger partial charge in [0.2, 0.25) is 5.91 Å². The smallest absolute Gasteiger partial charge is 0.332 e. The van der Waals surface area contributed by atoms with E-state index >= 15 is 0 Å². The number of hydrogen-bond donors (Lipinski definition) is 0. The Hall–Kier alpha value is -2.13. The van der Waals surface area contributed by atoms with Gasteiger partial charge >= 0.3 is 11.9 Å². The third-order valence-corrected chi connectivity index (χ3v) is 3.86. The fourth-order valence-electron chi connectivity index (χ4n) is 2.69. The Labute approximate surface area is 122 Å². The number of nitrogens with zero attached hydrogens (tertiary/aromatic N) is 4. The van der Waals surface area contributed by atoms with E-state index in [0.717, 1.165) is 28.6 Å². The number of likely N-dealkylation sites (tertiary alicyclic amines) is 1. The highest BCUT2D eigenvalue weighted by molar-refractivity contribution is 5.82. The molecule has 2 aliphatic rings. The molecule has 1 aliphatic carbocycles. The van der Waals surface area contributed by atoms with E-state index in [0.29, 0.717) is 5.69 Å². The SMILES string of the molecule is O=C1[C@@H](n2cc([N+](=O)[O-])c(C3CC3)n2)CCN1CC(F)(F)F. The fraction of sp³-hybridized carbons (Fsp3) is 0.667. The van der Waals surface area contributed by atoms with E-state index in [4.69, 9.17) is 0 Å². The molecule has 22 heavy (non-hydrogen) atoms. The minimum Gasteiger partial charge on any atom is -0.332 e. The maximum absolute atomic E-state index is 12.4. The lowest BCUT2D eigenvalue weighted by Gasteiger charge is -2.18. The molecule has 1 aromatic heterocycles. The molecule has 0 N–H and O–H groups in total. The van der Waals surface area contributed by atoms with Gasteiger partial charge in [0.1, 0.15) is 24.5 Å². The number of halogens is 3. The van der Waals surface area contributed by atoms with Gasteiger partial charge in [0.15, 0.2) is 0 Å². The van der Waals surface area contributed by atoms with Crippen molar-refractivity contribution in [3.8, 4) is 0 Å². The van der Waals surface area contributed by atoms with E-state index in [9.17, 15) is 28.1 Å². The highest BCUT2D eigenvalue weighted by atomic mass is 19.4. The zero-order chi connectivity index (χ0) is 16.1. The van der Waals surface area contributed by atoms with Crippen molar-refractivity contribution in [1.82, 2.24) is 14.7 Å². The number of alkyl halides is 3. The average Bonchev–Trinajstić information content (AvgIpc) is 3.06. The summed E-state index contributed by atoms with van der Waals surface area (Å²) in [6.45, 7) is -1.34. The summed E-state index contributed by atoms with van der Waals surface area (Å²) < 4.78 is 38.3. The van der Waals surface area contributed by atoms with Crippen LogP contribution in [0.2, 0.25) is 0 Å². The number of hydrogen-bond acceptors (Lipinski definition) is 4. The van der Waals surface area contributed by atoms with Crippen LogP contribution in [0.25, 0.3) is 0 Å². The predicted molar refractivity (Wildman–Crippen MR) is 67.1 cm³/mol. The molecule has 0 aromatic carbocycles. The van der Waals surface area contributed by atoms with Gasteiger partial charge in [-0.05, 0) is 19.3 Å². The molecule has 2 fully saturated rings. The summed E-state index contributed by atoms with van der Waals surface area (Å²) in [5, 5.41) is 15.1. The summed E-state index contributed by atoms with van der Waals surface area (Å²) in [7, 11) is 0. The molecule has 1 amide bonds. The first-order chi connectivity index (χ1) is 10.3. The molecular formula is C12H13F3N4O3. The highest BCUT2D eigenvalue weighted by Crippen LogP contribution is 2.43. The average molecular weight is 318 g/mol. The van der Waals surface area contributed by atoms with E-state index in [1.165, 1.54) is 0 Å². The van der Waals surface area contributed by atoms with Gasteiger partial charge in [-0.25, -0.2) is 0 Å². The third kappa shape index (κ3) is 2.77. The van der Waals surface area contributed by atoms with E-state index in [1.54, 1.807) is 0 Å². The topological polar surface area (TPSA) is 81.3 Å². The molecule has 1 aliphatic heterocycles. The highest BCUT2D eigenvalue weighted by Gasteiger charge is 2.42. The summed E-state index contributed by atoms with van der Waals surface area (Å²) in [4.78, 5) is 23.2. The Bertz CT molecular complexity index is 624. The van der Waals surface area contributed by atoms with Crippen molar-refractivity contribution in [2.24, 2.45) is 0 Å². The minimum absolute atomic E-state index is 0.0180.